The Morgan fingerprint density at radius 2 is 1.96 bits per heavy atom. The van der Waals surface area contributed by atoms with E-state index in [0.29, 0.717) is 11.2 Å². The van der Waals surface area contributed by atoms with Crippen LogP contribution in [0.2, 0.25) is 0 Å². The van der Waals surface area contributed by atoms with Gasteiger partial charge in [-0.25, -0.2) is 0 Å². The van der Waals surface area contributed by atoms with E-state index in [9.17, 15) is 9.59 Å². The van der Waals surface area contributed by atoms with E-state index in [4.69, 9.17) is 0 Å². The quantitative estimate of drug-likeness (QED) is 0.926. The smallest absolute Gasteiger partial charge is 0.240 e. The molecule has 0 aliphatic carbocycles. The van der Waals surface area contributed by atoms with Gasteiger partial charge < -0.3 is 5.32 Å². The fourth-order valence-corrected chi connectivity index (χ4v) is 2.79. The summed E-state index contributed by atoms with van der Waals surface area (Å²) in [5.41, 5.74) is 2.17. The lowest BCUT2D eigenvalue weighted by Crippen LogP contribution is -2.35. The second kappa shape index (κ2) is 6.20. The van der Waals surface area contributed by atoms with Crippen LogP contribution in [0.5, 0.6) is 0 Å². The van der Waals surface area contributed by atoms with Gasteiger partial charge in [0.1, 0.15) is 5.49 Å². The minimum absolute atomic E-state index is 0.0818. The van der Waals surface area contributed by atoms with Gasteiger partial charge in [-0.3, -0.25) is 19.1 Å². The van der Waals surface area contributed by atoms with Crippen LogP contribution in [0, 0.1) is 0 Å². The Hall–Kier alpha value is -2.69. The van der Waals surface area contributed by atoms with Crippen LogP contribution in [-0.4, -0.2) is 22.4 Å². The van der Waals surface area contributed by atoms with Gasteiger partial charge in [-0.15, -0.1) is 0 Å². The Morgan fingerprint density at radius 1 is 1.22 bits per heavy atom. The average Bonchev–Trinajstić information content (AvgIpc) is 2.53. The molecule has 1 aliphatic heterocycles. The van der Waals surface area contributed by atoms with E-state index in [-0.39, 0.29) is 24.3 Å². The molecular weight excluding hydrogens is 290 g/mol. The van der Waals surface area contributed by atoms with Gasteiger partial charge in [0.05, 0.1) is 5.92 Å². The van der Waals surface area contributed by atoms with E-state index in [1.54, 1.807) is 16.8 Å². The van der Waals surface area contributed by atoms with Crippen LogP contribution in [0.3, 0.4) is 0 Å². The number of pyridine rings is 1. The molecule has 118 valence electrons. The SMILES string of the molecule is CC(C)N=c1ccccn1C(=O)[C@@H]1CC(=O)Nc2ccccc21. The lowest BCUT2D eigenvalue weighted by Gasteiger charge is -2.25. The molecule has 23 heavy (non-hydrogen) atoms. The van der Waals surface area contributed by atoms with E-state index < -0.39 is 5.92 Å². The highest BCUT2D eigenvalue weighted by Crippen LogP contribution is 2.32. The van der Waals surface area contributed by atoms with Crippen molar-refractivity contribution in [3.63, 3.8) is 0 Å². The molecule has 0 radical (unpaired) electrons. The van der Waals surface area contributed by atoms with Crippen LogP contribution in [0.4, 0.5) is 5.69 Å². The standard InChI is InChI=1S/C18H19N3O2/c1-12(2)19-16-9-5-6-10-21(16)18(23)14-11-17(22)20-15-8-4-3-7-13(14)15/h3-10,12,14H,11H2,1-2H3,(H,20,22)/t14-/m1/s1. The van der Waals surface area contributed by atoms with E-state index in [2.05, 4.69) is 10.3 Å². The molecule has 1 aromatic heterocycles. The first-order chi connectivity index (χ1) is 11.1. The molecule has 0 saturated carbocycles. The summed E-state index contributed by atoms with van der Waals surface area (Å²) in [6.07, 6.45) is 1.86. The van der Waals surface area contributed by atoms with Crippen molar-refractivity contribution in [3.05, 3.63) is 59.7 Å². The minimum atomic E-state index is -0.492. The van der Waals surface area contributed by atoms with E-state index in [1.807, 2.05) is 50.2 Å². The number of hydrogen-bond donors (Lipinski definition) is 1. The second-order valence-electron chi connectivity index (χ2n) is 5.88. The molecule has 2 heterocycles. The summed E-state index contributed by atoms with van der Waals surface area (Å²) < 4.78 is 1.54. The number of nitrogens with one attached hydrogen (secondary N) is 1. The summed E-state index contributed by atoms with van der Waals surface area (Å²) >= 11 is 0. The first kappa shape index (κ1) is 15.2. The summed E-state index contributed by atoms with van der Waals surface area (Å²) in [5.74, 6) is -0.762. The monoisotopic (exact) mass is 309 g/mol. The lowest BCUT2D eigenvalue weighted by atomic mass is 9.89. The lowest BCUT2D eigenvalue weighted by molar-refractivity contribution is -0.116. The fraction of sp³-hybridized carbons (Fsp3) is 0.278. The van der Waals surface area contributed by atoms with Gasteiger partial charge in [-0.2, -0.15) is 0 Å². The molecule has 5 nitrogen and oxygen atoms in total. The Kier molecular flexibility index (Phi) is 4.10. The molecule has 1 aliphatic rings. The number of benzene rings is 1. The molecule has 5 heteroatoms. The summed E-state index contributed by atoms with van der Waals surface area (Å²) in [7, 11) is 0. The third kappa shape index (κ3) is 3.08. The van der Waals surface area contributed by atoms with Crippen LogP contribution in [0.15, 0.2) is 53.7 Å². The number of hydrogen-bond acceptors (Lipinski definition) is 3. The Bertz CT molecular complexity index is 821. The largest absolute Gasteiger partial charge is 0.326 e. The maximum Gasteiger partial charge on any atom is 0.240 e. The van der Waals surface area contributed by atoms with Gasteiger partial charge in [0, 0.05) is 24.3 Å². The highest BCUT2D eigenvalue weighted by molar-refractivity contribution is 6.01. The zero-order valence-corrected chi connectivity index (χ0v) is 13.2. The van der Waals surface area contributed by atoms with E-state index in [1.165, 1.54) is 0 Å². The molecule has 0 fully saturated rings. The molecule has 1 N–H and O–H groups in total. The van der Waals surface area contributed by atoms with Crippen LogP contribution in [0.25, 0.3) is 0 Å². The summed E-state index contributed by atoms with van der Waals surface area (Å²) in [6, 6.07) is 13.0. The Labute approximate surface area is 134 Å². The van der Waals surface area contributed by atoms with Gasteiger partial charge in [0.2, 0.25) is 11.8 Å². The van der Waals surface area contributed by atoms with Gasteiger partial charge in [0.25, 0.3) is 0 Å². The number of para-hydroxylation sites is 1. The predicted octanol–water partition coefficient (Wildman–Crippen LogP) is 2.56. The number of aromatic nitrogens is 1. The molecule has 3 rings (SSSR count). The zero-order chi connectivity index (χ0) is 16.4. The molecule has 2 aromatic rings. The van der Waals surface area contributed by atoms with Crippen molar-refractivity contribution < 1.29 is 9.59 Å². The first-order valence-electron chi connectivity index (χ1n) is 7.71. The third-order valence-corrected chi connectivity index (χ3v) is 3.76. The first-order valence-corrected chi connectivity index (χ1v) is 7.71. The molecule has 0 saturated heterocycles. The van der Waals surface area contributed by atoms with Crippen LogP contribution in [0.1, 0.15) is 36.5 Å². The topological polar surface area (TPSA) is 63.5 Å². The fourth-order valence-electron chi connectivity index (χ4n) is 2.79. The van der Waals surface area contributed by atoms with Crippen molar-refractivity contribution in [3.8, 4) is 0 Å². The number of anilines is 1. The second-order valence-corrected chi connectivity index (χ2v) is 5.88. The molecular formula is C18H19N3O2. The maximum atomic E-state index is 13.0. The molecule has 0 spiro atoms. The summed E-state index contributed by atoms with van der Waals surface area (Å²) in [5, 5.41) is 2.82. The number of amides is 1. The van der Waals surface area contributed by atoms with Crippen molar-refractivity contribution in [1.29, 1.82) is 0 Å². The van der Waals surface area contributed by atoms with E-state index >= 15 is 0 Å². The van der Waals surface area contributed by atoms with Crippen LogP contribution < -0.4 is 10.8 Å². The molecule has 1 aromatic carbocycles. The number of rotatable bonds is 2. The van der Waals surface area contributed by atoms with Gasteiger partial charge >= 0.3 is 0 Å². The minimum Gasteiger partial charge on any atom is -0.326 e. The molecule has 0 unspecified atom stereocenters. The van der Waals surface area contributed by atoms with Crippen molar-refractivity contribution in [2.75, 3.05) is 5.32 Å². The predicted molar refractivity (Wildman–Crippen MR) is 88.2 cm³/mol. The Balaban J connectivity index is 2.07. The van der Waals surface area contributed by atoms with Gasteiger partial charge in [-0.05, 0) is 37.6 Å². The highest BCUT2D eigenvalue weighted by atomic mass is 16.2. The number of carbonyl (C=O) groups is 2. The molecule has 1 atom stereocenters. The van der Waals surface area contributed by atoms with Gasteiger partial charge in [0.15, 0.2) is 0 Å². The van der Waals surface area contributed by atoms with Crippen LogP contribution in [-0.2, 0) is 4.79 Å². The molecule has 1 amide bonds. The van der Waals surface area contributed by atoms with Crippen molar-refractivity contribution in [1.82, 2.24) is 4.57 Å². The maximum absolute atomic E-state index is 13.0. The van der Waals surface area contributed by atoms with Crippen molar-refractivity contribution >= 4 is 17.5 Å². The van der Waals surface area contributed by atoms with Crippen LogP contribution >= 0.6 is 0 Å². The number of nitrogens with zero attached hydrogens (tertiary/aromatic N) is 2. The normalized spacial score (nSPS) is 17.8. The van der Waals surface area contributed by atoms with Crippen molar-refractivity contribution in [2.24, 2.45) is 4.99 Å². The zero-order valence-electron chi connectivity index (χ0n) is 13.2. The number of carbonyl (C=O) groups excluding carboxylic acids is 2. The Morgan fingerprint density at radius 3 is 2.74 bits per heavy atom. The number of fused-ring (bicyclic) bond motifs is 1. The van der Waals surface area contributed by atoms with Gasteiger partial charge in [-0.1, -0.05) is 24.3 Å². The molecule has 0 bridgehead atoms. The summed E-state index contributed by atoms with van der Waals surface area (Å²) in [6.45, 7) is 3.93. The van der Waals surface area contributed by atoms with E-state index in [0.717, 1.165) is 5.56 Å². The van der Waals surface area contributed by atoms with Crippen molar-refractivity contribution in [2.45, 2.75) is 32.2 Å². The summed E-state index contributed by atoms with van der Waals surface area (Å²) in [4.78, 5) is 29.5. The average molecular weight is 309 g/mol. The highest BCUT2D eigenvalue weighted by Gasteiger charge is 2.31. The third-order valence-electron chi connectivity index (χ3n) is 3.76.